The fraction of sp³-hybridized carbons (Fsp3) is 0.417. The highest BCUT2D eigenvalue weighted by atomic mass is 79.9. The standard InChI is InChI=1S/C12H12BrClOS/c1-12(5-2-6-16-12)11(15)9-7-8(13)3-4-10(9)14/h3-4,7H,2,5-6H2,1H3. The summed E-state index contributed by atoms with van der Waals surface area (Å²) in [7, 11) is 0. The van der Waals surface area contributed by atoms with Gasteiger partial charge in [0.1, 0.15) is 0 Å². The van der Waals surface area contributed by atoms with Crippen molar-refractivity contribution in [3.8, 4) is 0 Å². The maximum atomic E-state index is 12.4. The fourth-order valence-electron chi connectivity index (χ4n) is 1.91. The van der Waals surface area contributed by atoms with Crippen molar-refractivity contribution in [2.24, 2.45) is 0 Å². The summed E-state index contributed by atoms with van der Waals surface area (Å²) in [6, 6.07) is 5.43. The van der Waals surface area contributed by atoms with E-state index in [2.05, 4.69) is 15.9 Å². The minimum Gasteiger partial charge on any atom is -0.293 e. The van der Waals surface area contributed by atoms with Crippen LogP contribution in [0.15, 0.2) is 22.7 Å². The van der Waals surface area contributed by atoms with Crippen molar-refractivity contribution in [1.29, 1.82) is 0 Å². The number of carbonyl (C=O) groups is 1. The zero-order valence-electron chi connectivity index (χ0n) is 8.93. The first-order valence-electron chi connectivity index (χ1n) is 5.17. The monoisotopic (exact) mass is 318 g/mol. The van der Waals surface area contributed by atoms with Crippen LogP contribution in [0.25, 0.3) is 0 Å². The SMILES string of the molecule is CC1(C(=O)c2cc(Br)ccc2Cl)CCCS1. The third kappa shape index (κ3) is 2.31. The molecule has 2 rings (SSSR count). The minimum atomic E-state index is -0.287. The first-order valence-corrected chi connectivity index (χ1v) is 7.32. The predicted molar refractivity (Wildman–Crippen MR) is 73.6 cm³/mol. The van der Waals surface area contributed by atoms with E-state index in [1.165, 1.54) is 0 Å². The molecule has 1 aliphatic heterocycles. The molecule has 16 heavy (non-hydrogen) atoms. The Morgan fingerprint density at radius 3 is 2.94 bits per heavy atom. The van der Waals surface area contributed by atoms with Crippen LogP contribution in [0.3, 0.4) is 0 Å². The molecule has 0 radical (unpaired) electrons. The fourth-order valence-corrected chi connectivity index (χ4v) is 3.75. The molecule has 1 atom stereocenters. The van der Waals surface area contributed by atoms with Crippen molar-refractivity contribution < 1.29 is 4.79 Å². The number of rotatable bonds is 2. The first kappa shape index (κ1) is 12.5. The van der Waals surface area contributed by atoms with Gasteiger partial charge in [0, 0.05) is 10.0 Å². The summed E-state index contributed by atoms with van der Waals surface area (Å²) in [4.78, 5) is 12.4. The molecule has 1 aromatic rings. The largest absolute Gasteiger partial charge is 0.293 e. The zero-order chi connectivity index (χ0) is 11.8. The highest BCUT2D eigenvalue weighted by Gasteiger charge is 2.38. The van der Waals surface area contributed by atoms with Crippen molar-refractivity contribution in [1.82, 2.24) is 0 Å². The smallest absolute Gasteiger partial charge is 0.180 e. The molecule has 0 aliphatic carbocycles. The van der Waals surface area contributed by atoms with Crippen molar-refractivity contribution in [3.63, 3.8) is 0 Å². The van der Waals surface area contributed by atoms with Gasteiger partial charge in [-0.2, -0.15) is 0 Å². The number of halogens is 2. The third-order valence-corrected chi connectivity index (χ3v) is 5.21. The van der Waals surface area contributed by atoms with Crippen LogP contribution in [0.5, 0.6) is 0 Å². The van der Waals surface area contributed by atoms with E-state index in [0.29, 0.717) is 10.6 Å². The van der Waals surface area contributed by atoms with E-state index in [9.17, 15) is 4.79 Å². The van der Waals surface area contributed by atoms with Crippen LogP contribution >= 0.6 is 39.3 Å². The Bertz CT molecular complexity index is 427. The Labute approximate surface area is 113 Å². The van der Waals surface area contributed by atoms with Gasteiger partial charge < -0.3 is 0 Å². The van der Waals surface area contributed by atoms with Gasteiger partial charge in [-0.3, -0.25) is 4.79 Å². The molecular formula is C12H12BrClOS. The Balaban J connectivity index is 2.36. The average molecular weight is 320 g/mol. The molecule has 0 amide bonds. The van der Waals surface area contributed by atoms with Gasteiger partial charge >= 0.3 is 0 Å². The van der Waals surface area contributed by atoms with Crippen LogP contribution in [-0.2, 0) is 0 Å². The van der Waals surface area contributed by atoms with E-state index in [1.807, 2.05) is 19.1 Å². The van der Waals surface area contributed by atoms with Crippen molar-refractivity contribution >= 4 is 45.1 Å². The Morgan fingerprint density at radius 2 is 2.31 bits per heavy atom. The van der Waals surface area contributed by atoms with E-state index in [0.717, 1.165) is 23.1 Å². The molecule has 1 nitrogen and oxygen atoms in total. The molecule has 1 heterocycles. The molecule has 1 aromatic carbocycles. The lowest BCUT2D eigenvalue weighted by atomic mass is 9.95. The highest BCUT2D eigenvalue weighted by Crippen LogP contribution is 2.41. The second kappa shape index (κ2) is 4.71. The molecule has 0 spiro atoms. The van der Waals surface area contributed by atoms with Crippen LogP contribution in [0, 0.1) is 0 Å². The molecule has 1 unspecified atom stereocenters. The average Bonchev–Trinajstić information content (AvgIpc) is 2.69. The number of benzene rings is 1. The van der Waals surface area contributed by atoms with Gasteiger partial charge in [-0.05, 0) is 43.7 Å². The summed E-state index contributed by atoms with van der Waals surface area (Å²) in [5.41, 5.74) is 0.632. The number of Topliss-reactive ketones (excluding diaryl/α,β-unsaturated/α-hetero) is 1. The van der Waals surface area contributed by atoms with E-state index in [-0.39, 0.29) is 10.5 Å². The maximum absolute atomic E-state index is 12.4. The van der Waals surface area contributed by atoms with Gasteiger partial charge in [0.2, 0.25) is 0 Å². The van der Waals surface area contributed by atoms with Crippen LogP contribution in [0.1, 0.15) is 30.1 Å². The van der Waals surface area contributed by atoms with Gasteiger partial charge in [0.15, 0.2) is 5.78 Å². The molecule has 4 heteroatoms. The quantitative estimate of drug-likeness (QED) is 0.743. The summed E-state index contributed by atoms with van der Waals surface area (Å²) in [5, 5.41) is 0.543. The van der Waals surface area contributed by atoms with E-state index < -0.39 is 0 Å². The van der Waals surface area contributed by atoms with Gasteiger partial charge in [0.05, 0.1) is 9.77 Å². The second-order valence-electron chi connectivity index (χ2n) is 4.14. The molecule has 0 aromatic heterocycles. The van der Waals surface area contributed by atoms with Crippen LogP contribution in [0.2, 0.25) is 5.02 Å². The van der Waals surface area contributed by atoms with Gasteiger partial charge in [-0.1, -0.05) is 27.5 Å². The minimum absolute atomic E-state index is 0.154. The van der Waals surface area contributed by atoms with Gasteiger partial charge in [0.25, 0.3) is 0 Å². The number of ketones is 1. The predicted octanol–water partition coefficient (Wildman–Crippen LogP) is 4.57. The third-order valence-electron chi connectivity index (χ3n) is 2.87. The number of hydrogen-bond acceptors (Lipinski definition) is 2. The highest BCUT2D eigenvalue weighted by molar-refractivity contribution is 9.10. The van der Waals surface area contributed by atoms with Gasteiger partial charge in [-0.15, -0.1) is 11.8 Å². The van der Waals surface area contributed by atoms with Crippen molar-refractivity contribution in [3.05, 3.63) is 33.3 Å². The lowest BCUT2D eigenvalue weighted by Crippen LogP contribution is -2.28. The van der Waals surface area contributed by atoms with E-state index in [4.69, 9.17) is 11.6 Å². The molecule has 1 aliphatic rings. The summed E-state index contributed by atoms with van der Waals surface area (Å²) in [6.45, 7) is 2.02. The number of carbonyl (C=O) groups excluding carboxylic acids is 1. The van der Waals surface area contributed by atoms with E-state index in [1.54, 1.807) is 17.8 Å². The summed E-state index contributed by atoms with van der Waals surface area (Å²) in [6.07, 6.45) is 2.05. The van der Waals surface area contributed by atoms with Crippen LogP contribution in [0.4, 0.5) is 0 Å². The zero-order valence-corrected chi connectivity index (χ0v) is 12.1. The van der Waals surface area contributed by atoms with Crippen LogP contribution < -0.4 is 0 Å². The van der Waals surface area contributed by atoms with Crippen molar-refractivity contribution in [2.45, 2.75) is 24.5 Å². The molecule has 0 N–H and O–H groups in total. The summed E-state index contributed by atoms with van der Waals surface area (Å²) < 4.78 is 0.608. The Morgan fingerprint density at radius 1 is 1.56 bits per heavy atom. The normalized spacial score (nSPS) is 24.7. The maximum Gasteiger partial charge on any atom is 0.180 e. The Kier molecular flexibility index (Phi) is 3.67. The molecule has 1 fully saturated rings. The first-order chi connectivity index (χ1) is 7.53. The summed E-state index contributed by atoms with van der Waals surface area (Å²) in [5.74, 6) is 1.22. The Hall–Kier alpha value is 0.01000. The molecule has 1 saturated heterocycles. The number of hydrogen-bond donors (Lipinski definition) is 0. The topological polar surface area (TPSA) is 17.1 Å². The van der Waals surface area contributed by atoms with Gasteiger partial charge in [-0.25, -0.2) is 0 Å². The second-order valence-corrected chi connectivity index (χ2v) is 7.06. The molecule has 0 saturated carbocycles. The summed E-state index contributed by atoms with van der Waals surface area (Å²) >= 11 is 11.2. The van der Waals surface area contributed by atoms with Crippen molar-refractivity contribution in [2.75, 3.05) is 5.75 Å². The van der Waals surface area contributed by atoms with E-state index >= 15 is 0 Å². The lowest BCUT2D eigenvalue weighted by Gasteiger charge is -2.21. The van der Waals surface area contributed by atoms with Crippen LogP contribution in [-0.4, -0.2) is 16.3 Å². The number of thioether (sulfide) groups is 1. The lowest BCUT2D eigenvalue weighted by molar-refractivity contribution is 0.0949. The molecular weight excluding hydrogens is 308 g/mol. The molecule has 0 bridgehead atoms. The molecule has 86 valence electrons.